The number of carbonyl (C=O) groups excluding carboxylic acids is 1. The number of nitrogens with one attached hydrogen (secondary N) is 1. The van der Waals surface area contributed by atoms with Crippen LogP contribution in [0.2, 0.25) is 0 Å². The Kier molecular flexibility index (Phi) is 10.4. The highest BCUT2D eigenvalue weighted by molar-refractivity contribution is 5.79. The van der Waals surface area contributed by atoms with E-state index in [0.29, 0.717) is 6.61 Å². The molecule has 1 amide bonds. The van der Waals surface area contributed by atoms with Crippen LogP contribution in [0.5, 0.6) is 0 Å². The van der Waals surface area contributed by atoms with Crippen LogP contribution in [0.1, 0.15) is 33.9 Å². The number of rotatable bonds is 12. The largest absolute Gasteiger partial charge is 0.436 e. The molecule has 7 rings (SSSR count). The number of benzene rings is 5. The molecular weight excluding hydrogens is 618 g/mol. The van der Waals surface area contributed by atoms with Crippen LogP contribution in [-0.4, -0.2) is 44.0 Å². The van der Waals surface area contributed by atoms with Gasteiger partial charge in [-0.15, -0.1) is 0 Å². The molecule has 49 heavy (non-hydrogen) atoms. The molecule has 0 bridgehead atoms. The van der Waals surface area contributed by atoms with Crippen LogP contribution in [-0.2, 0) is 48.2 Å². The van der Waals surface area contributed by atoms with E-state index < -0.39 is 43.0 Å². The first-order chi connectivity index (χ1) is 24.2. The molecular formula is C41H39NO7. The van der Waals surface area contributed by atoms with Gasteiger partial charge in [-0.25, -0.2) is 4.79 Å². The minimum absolute atomic E-state index is 0.250. The van der Waals surface area contributed by atoms with Crippen LogP contribution in [0.15, 0.2) is 140 Å². The molecule has 0 unspecified atom stereocenters. The Bertz CT molecular complexity index is 1760. The van der Waals surface area contributed by atoms with E-state index in [-0.39, 0.29) is 13.2 Å². The van der Waals surface area contributed by atoms with Crippen LogP contribution in [0.3, 0.4) is 0 Å². The second kappa shape index (κ2) is 15.6. The van der Waals surface area contributed by atoms with Gasteiger partial charge in [0.1, 0.15) is 18.3 Å². The van der Waals surface area contributed by atoms with Gasteiger partial charge in [0, 0.05) is 18.2 Å². The van der Waals surface area contributed by atoms with Crippen LogP contribution >= 0.6 is 0 Å². The van der Waals surface area contributed by atoms with E-state index >= 15 is 0 Å². The molecule has 1 aliphatic heterocycles. The summed E-state index contributed by atoms with van der Waals surface area (Å²) in [6, 6.07) is 45.5. The first-order valence-electron chi connectivity index (χ1n) is 16.5. The molecule has 1 fully saturated rings. The van der Waals surface area contributed by atoms with Crippen LogP contribution in [0.25, 0.3) is 11.1 Å². The van der Waals surface area contributed by atoms with Crippen molar-refractivity contribution in [3.63, 3.8) is 0 Å². The quantitative estimate of drug-likeness (QED) is 0.148. The topological polar surface area (TPSA) is 84.5 Å². The van der Waals surface area contributed by atoms with Crippen LogP contribution in [0, 0.1) is 0 Å². The summed E-state index contributed by atoms with van der Waals surface area (Å²) in [4.78, 5) is 13.8. The summed E-state index contributed by atoms with van der Waals surface area (Å²) in [7, 11) is 1.55. The van der Waals surface area contributed by atoms with E-state index in [1.54, 1.807) is 7.11 Å². The smallest absolute Gasteiger partial charge is 0.410 e. The van der Waals surface area contributed by atoms with Gasteiger partial charge in [-0.2, -0.15) is 0 Å². The standard InChI is InChI=1S/C41H39NO7/c1-44-40-38(47-27-30-19-9-4-10-20-30)36(45-25-28-15-5-2-6-16-28)37(46-26-29-17-7-3-8-18-29)39(49-40)42-41(43)48-35-33-23-13-11-21-31(33)32-22-12-14-24-34(32)35/h2-24,35-40H,25-27H2,1H3,(H,42,43)/t36-,37-,38+,39-,40-/m0/s1. The van der Waals surface area contributed by atoms with E-state index in [1.807, 2.05) is 140 Å². The third-order valence-corrected chi connectivity index (χ3v) is 8.84. The zero-order chi connectivity index (χ0) is 33.4. The lowest BCUT2D eigenvalue weighted by Crippen LogP contribution is -2.64. The Labute approximate surface area is 286 Å². The molecule has 1 heterocycles. The summed E-state index contributed by atoms with van der Waals surface area (Å²) in [5, 5.41) is 2.96. The highest BCUT2D eigenvalue weighted by Crippen LogP contribution is 2.45. The van der Waals surface area contributed by atoms with Crippen molar-refractivity contribution in [3.05, 3.63) is 167 Å². The Morgan fingerprint density at radius 3 is 1.49 bits per heavy atom. The first-order valence-corrected chi connectivity index (χ1v) is 16.5. The van der Waals surface area contributed by atoms with Crippen molar-refractivity contribution in [2.75, 3.05) is 7.11 Å². The van der Waals surface area contributed by atoms with Gasteiger partial charge in [0.25, 0.3) is 0 Å². The highest BCUT2D eigenvalue weighted by Gasteiger charge is 2.50. The summed E-state index contributed by atoms with van der Waals surface area (Å²) in [5.74, 6) is 0. The van der Waals surface area contributed by atoms with E-state index in [1.165, 1.54) is 0 Å². The summed E-state index contributed by atoms with van der Waals surface area (Å²) < 4.78 is 38.1. The second-order valence-electron chi connectivity index (χ2n) is 12.0. The lowest BCUT2D eigenvalue weighted by atomic mass is 10.0. The molecule has 1 saturated heterocycles. The average Bonchev–Trinajstić information content (AvgIpc) is 3.47. The van der Waals surface area contributed by atoms with E-state index in [9.17, 15) is 4.79 Å². The van der Waals surface area contributed by atoms with Crippen molar-refractivity contribution in [1.29, 1.82) is 0 Å². The molecule has 250 valence electrons. The lowest BCUT2D eigenvalue weighted by Gasteiger charge is -2.45. The minimum atomic E-state index is -0.995. The van der Waals surface area contributed by atoms with Gasteiger partial charge in [-0.3, -0.25) is 5.32 Å². The normalized spacial score (nSPS) is 21.4. The summed E-state index contributed by atoms with van der Waals surface area (Å²) in [6.45, 7) is 0.830. The van der Waals surface area contributed by atoms with Crippen molar-refractivity contribution in [2.45, 2.75) is 56.8 Å². The third-order valence-electron chi connectivity index (χ3n) is 8.84. The number of hydrogen-bond acceptors (Lipinski definition) is 7. The zero-order valence-corrected chi connectivity index (χ0v) is 27.2. The molecule has 8 heteroatoms. The molecule has 5 atom stereocenters. The van der Waals surface area contributed by atoms with E-state index in [0.717, 1.165) is 38.9 Å². The number of amides is 1. The van der Waals surface area contributed by atoms with Gasteiger partial charge in [-0.05, 0) is 27.8 Å². The third kappa shape index (κ3) is 7.59. The predicted molar refractivity (Wildman–Crippen MR) is 184 cm³/mol. The van der Waals surface area contributed by atoms with E-state index in [4.69, 9.17) is 28.4 Å². The van der Waals surface area contributed by atoms with Crippen molar-refractivity contribution in [3.8, 4) is 11.1 Å². The molecule has 5 aromatic rings. The number of alkyl carbamates (subject to hydrolysis) is 1. The van der Waals surface area contributed by atoms with Crippen molar-refractivity contribution in [2.24, 2.45) is 0 Å². The molecule has 8 nitrogen and oxygen atoms in total. The first kappa shape index (κ1) is 32.7. The SMILES string of the molecule is CO[C@H]1O[C@H](NC(=O)OC2c3ccccc3-c3ccccc32)[C@@H](OCc2ccccc2)[C@H](OCc2ccccc2)[C@H]1OCc1ccccc1. The van der Waals surface area contributed by atoms with Gasteiger partial charge in [-0.1, -0.05) is 140 Å². The predicted octanol–water partition coefficient (Wildman–Crippen LogP) is 7.57. The Morgan fingerprint density at radius 1 is 0.571 bits per heavy atom. The fraction of sp³-hybridized carbons (Fsp3) is 0.244. The Morgan fingerprint density at radius 2 is 1.00 bits per heavy atom. The molecule has 5 aromatic carbocycles. The zero-order valence-electron chi connectivity index (χ0n) is 27.2. The van der Waals surface area contributed by atoms with Crippen LogP contribution in [0.4, 0.5) is 4.79 Å². The number of fused-ring (bicyclic) bond motifs is 3. The fourth-order valence-corrected chi connectivity index (χ4v) is 6.46. The molecule has 2 aliphatic rings. The number of methoxy groups -OCH3 is 1. The van der Waals surface area contributed by atoms with E-state index in [2.05, 4.69) is 5.32 Å². The van der Waals surface area contributed by atoms with Crippen molar-refractivity contribution in [1.82, 2.24) is 5.32 Å². The summed E-state index contributed by atoms with van der Waals surface area (Å²) in [6.07, 6.45) is -5.32. The van der Waals surface area contributed by atoms with Gasteiger partial charge in [0.05, 0.1) is 19.8 Å². The maximum atomic E-state index is 13.8. The minimum Gasteiger partial charge on any atom is -0.436 e. The maximum Gasteiger partial charge on any atom is 0.410 e. The van der Waals surface area contributed by atoms with Gasteiger partial charge >= 0.3 is 6.09 Å². The highest BCUT2D eigenvalue weighted by atomic mass is 16.7. The number of hydrogen-bond donors (Lipinski definition) is 1. The summed E-state index contributed by atoms with van der Waals surface area (Å²) >= 11 is 0. The molecule has 0 saturated carbocycles. The molecule has 0 spiro atoms. The lowest BCUT2D eigenvalue weighted by molar-refractivity contribution is -0.321. The Hall–Kier alpha value is -4.83. The van der Waals surface area contributed by atoms with Gasteiger partial charge in [0.2, 0.25) is 0 Å². The van der Waals surface area contributed by atoms with Crippen molar-refractivity contribution >= 4 is 6.09 Å². The average molecular weight is 658 g/mol. The fourth-order valence-electron chi connectivity index (χ4n) is 6.46. The van der Waals surface area contributed by atoms with Gasteiger partial charge < -0.3 is 28.4 Å². The Balaban J connectivity index is 1.17. The van der Waals surface area contributed by atoms with Gasteiger partial charge in [0.15, 0.2) is 18.6 Å². The second-order valence-corrected chi connectivity index (χ2v) is 12.0. The monoisotopic (exact) mass is 657 g/mol. The molecule has 0 aromatic heterocycles. The number of carbonyl (C=O) groups is 1. The van der Waals surface area contributed by atoms with Crippen molar-refractivity contribution < 1.29 is 33.2 Å². The molecule has 1 aliphatic carbocycles. The summed E-state index contributed by atoms with van der Waals surface area (Å²) in [5.41, 5.74) is 6.86. The maximum absolute atomic E-state index is 13.8. The van der Waals surface area contributed by atoms with Crippen LogP contribution < -0.4 is 5.32 Å². The molecule has 1 N–H and O–H groups in total. The number of ether oxygens (including phenoxy) is 6. The molecule has 0 radical (unpaired) electrons.